The summed E-state index contributed by atoms with van der Waals surface area (Å²) < 4.78 is 0. The van der Waals surface area contributed by atoms with Crippen LogP contribution < -0.4 is 5.32 Å². The first-order chi connectivity index (χ1) is 7.79. The van der Waals surface area contributed by atoms with E-state index in [1.54, 1.807) is 0 Å². The van der Waals surface area contributed by atoms with E-state index < -0.39 is 0 Å². The van der Waals surface area contributed by atoms with Gasteiger partial charge in [-0.2, -0.15) is 0 Å². The van der Waals surface area contributed by atoms with Gasteiger partial charge < -0.3 is 5.32 Å². The molecule has 0 heterocycles. The first kappa shape index (κ1) is 11.4. The molecule has 1 fully saturated rings. The Morgan fingerprint density at radius 3 is 2.62 bits per heavy atom. The van der Waals surface area contributed by atoms with Crippen LogP contribution in [0.15, 0.2) is 36.9 Å². The van der Waals surface area contributed by atoms with E-state index in [4.69, 9.17) is 0 Å². The Morgan fingerprint density at radius 1 is 1.38 bits per heavy atom. The number of hydrogen-bond acceptors (Lipinski definition) is 1. The Kier molecular flexibility index (Phi) is 3.79. The Morgan fingerprint density at radius 2 is 2.06 bits per heavy atom. The largest absolute Gasteiger partial charge is 0.310 e. The molecule has 0 bridgehead atoms. The molecular formula is C15H21N. The average molecular weight is 215 g/mol. The first-order valence-corrected chi connectivity index (χ1v) is 6.22. The van der Waals surface area contributed by atoms with E-state index in [1.807, 2.05) is 6.08 Å². The maximum Gasteiger partial charge on any atom is 0.0208 e. The lowest BCUT2D eigenvalue weighted by atomic mass is 10.1. The van der Waals surface area contributed by atoms with Crippen molar-refractivity contribution in [2.45, 2.75) is 44.7 Å². The van der Waals surface area contributed by atoms with Gasteiger partial charge >= 0.3 is 0 Å². The van der Waals surface area contributed by atoms with Gasteiger partial charge in [-0.3, -0.25) is 0 Å². The number of benzene rings is 1. The molecule has 1 aliphatic carbocycles. The van der Waals surface area contributed by atoms with Gasteiger partial charge in [0.2, 0.25) is 0 Å². The van der Waals surface area contributed by atoms with Gasteiger partial charge in [-0.15, -0.1) is 6.58 Å². The van der Waals surface area contributed by atoms with Crippen LogP contribution in [0, 0.1) is 0 Å². The molecule has 1 aliphatic rings. The second kappa shape index (κ2) is 5.31. The van der Waals surface area contributed by atoms with E-state index in [1.165, 1.54) is 24.0 Å². The van der Waals surface area contributed by atoms with Crippen molar-refractivity contribution in [1.29, 1.82) is 0 Å². The molecule has 1 heteroatoms. The second-order valence-electron chi connectivity index (χ2n) is 4.82. The third-order valence-electron chi connectivity index (χ3n) is 3.20. The highest BCUT2D eigenvalue weighted by molar-refractivity contribution is 5.27. The van der Waals surface area contributed by atoms with E-state index in [0.717, 1.165) is 18.9 Å². The Hall–Kier alpha value is -1.08. The van der Waals surface area contributed by atoms with Crippen LogP contribution in [0.3, 0.4) is 0 Å². The van der Waals surface area contributed by atoms with Crippen LogP contribution in [0.1, 0.15) is 43.2 Å². The Bertz CT molecular complexity index is 335. The maximum atomic E-state index is 3.75. The fourth-order valence-electron chi connectivity index (χ4n) is 1.95. The van der Waals surface area contributed by atoms with Gasteiger partial charge in [0.1, 0.15) is 0 Å². The lowest BCUT2D eigenvalue weighted by molar-refractivity contribution is 0.554. The van der Waals surface area contributed by atoms with Crippen LogP contribution in [0.4, 0.5) is 0 Å². The minimum atomic E-state index is 0.514. The summed E-state index contributed by atoms with van der Waals surface area (Å²) in [7, 11) is 0. The fraction of sp³-hybridized carbons (Fsp3) is 0.467. The molecule has 0 aromatic heterocycles. The lowest BCUT2D eigenvalue weighted by Crippen LogP contribution is -2.24. The standard InChI is InChI=1S/C15H21N/c1-3-4-12(2)16-11-13-5-7-14(8-6-13)15-9-10-15/h3,5-8,12,15-16H,1,4,9-11H2,2H3. The van der Waals surface area contributed by atoms with Gasteiger partial charge in [0, 0.05) is 12.6 Å². The average Bonchev–Trinajstić information content (AvgIpc) is 3.11. The Labute approximate surface area is 98.6 Å². The highest BCUT2D eigenvalue weighted by Gasteiger charge is 2.22. The van der Waals surface area contributed by atoms with E-state index in [-0.39, 0.29) is 0 Å². The quantitative estimate of drug-likeness (QED) is 0.715. The molecule has 1 saturated carbocycles. The van der Waals surface area contributed by atoms with Crippen molar-refractivity contribution >= 4 is 0 Å². The molecule has 0 radical (unpaired) electrons. The molecule has 0 saturated heterocycles. The van der Waals surface area contributed by atoms with Gasteiger partial charge in [-0.1, -0.05) is 30.3 Å². The lowest BCUT2D eigenvalue weighted by Gasteiger charge is -2.11. The highest BCUT2D eigenvalue weighted by atomic mass is 14.9. The SMILES string of the molecule is C=CCC(C)NCc1ccc(C2CC2)cc1. The molecule has 2 rings (SSSR count). The van der Waals surface area contributed by atoms with Crippen LogP contribution in [-0.2, 0) is 6.54 Å². The van der Waals surface area contributed by atoms with E-state index in [0.29, 0.717) is 6.04 Å². The van der Waals surface area contributed by atoms with Gasteiger partial charge in [-0.25, -0.2) is 0 Å². The van der Waals surface area contributed by atoms with Gasteiger partial charge in [0.05, 0.1) is 0 Å². The van der Waals surface area contributed by atoms with Gasteiger partial charge in [0.25, 0.3) is 0 Å². The minimum absolute atomic E-state index is 0.514. The summed E-state index contributed by atoms with van der Waals surface area (Å²) in [6.07, 6.45) is 5.76. The molecule has 1 atom stereocenters. The van der Waals surface area contributed by atoms with Crippen molar-refractivity contribution in [2.75, 3.05) is 0 Å². The summed E-state index contributed by atoms with van der Waals surface area (Å²) in [6.45, 7) is 6.91. The zero-order valence-electron chi connectivity index (χ0n) is 10.1. The summed E-state index contributed by atoms with van der Waals surface area (Å²) in [6, 6.07) is 9.59. The molecule has 1 aromatic carbocycles. The number of nitrogens with one attached hydrogen (secondary N) is 1. The topological polar surface area (TPSA) is 12.0 Å². The predicted molar refractivity (Wildman–Crippen MR) is 69.5 cm³/mol. The molecule has 1 N–H and O–H groups in total. The van der Waals surface area contributed by atoms with Gasteiger partial charge in [-0.05, 0) is 43.2 Å². The molecule has 1 nitrogen and oxygen atoms in total. The Balaban J connectivity index is 1.82. The summed E-state index contributed by atoms with van der Waals surface area (Å²) in [5.41, 5.74) is 2.89. The highest BCUT2D eigenvalue weighted by Crippen LogP contribution is 2.39. The first-order valence-electron chi connectivity index (χ1n) is 6.22. The molecule has 0 amide bonds. The van der Waals surface area contributed by atoms with Crippen LogP contribution in [0.2, 0.25) is 0 Å². The van der Waals surface area contributed by atoms with Crippen molar-refractivity contribution in [3.63, 3.8) is 0 Å². The van der Waals surface area contributed by atoms with E-state index >= 15 is 0 Å². The molecule has 86 valence electrons. The van der Waals surface area contributed by atoms with Crippen LogP contribution >= 0.6 is 0 Å². The van der Waals surface area contributed by atoms with E-state index in [9.17, 15) is 0 Å². The summed E-state index contributed by atoms with van der Waals surface area (Å²) in [5, 5.41) is 3.49. The van der Waals surface area contributed by atoms with Crippen molar-refractivity contribution < 1.29 is 0 Å². The van der Waals surface area contributed by atoms with E-state index in [2.05, 4.69) is 43.1 Å². The summed E-state index contributed by atoms with van der Waals surface area (Å²) in [5.74, 6) is 0.863. The maximum absolute atomic E-state index is 3.75. The molecule has 0 spiro atoms. The summed E-state index contributed by atoms with van der Waals surface area (Å²) in [4.78, 5) is 0. The predicted octanol–water partition coefficient (Wildman–Crippen LogP) is 3.62. The molecule has 1 aromatic rings. The fourth-order valence-corrected chi connectivity index (χ4v) is 1.95. The van der Waals surface area contributed by atoms with Crippen molar-refractivity contribution in [3.8, 4) is 0 Å². The third-order valence-corrected chi connectivity index (χ3v) is 3.20. The molecule has 0 aliphatic heterocycles. The zero-order valence-corrected chi connectivity index (χ0v) is 10.1. The number of hydrogen-bond donors (Lipinski definition) is 1. The normalized spacial score (nSPS) is 17.1. The van der Waals surface area contributed by atoms with Crippen molar-refractivity contribution in [3.05, 3.63) is 48.0 Å². The van der Waals surface area contributed by atoms with Crippen molar-refractivity contribution in [2.24, 2.45) is 0 Å². The van der Waals surface area contributed by atoms with Gasteiger partial charge in [0.15, 0.2) is 0 Å². The van der Waals surface area contributed by atoms with Crippen LogP contribution in [-0.4, -0.2) is 6.04 Å². The monoisotopic (exact) mass is 215 g/mol. The smallest absolute Gasteiger partial charge is 0.0208 e. The minimum Gasteiger partial charge on any atom is -0.310 e. The van der Waals surface area contributed by atoms with Crippen LogP contribution in [0.25, 0.3) is 0 Å². The summed E-state index contributed by atoms with van der Waals surface area (Å²) >= 11 is 0. The van der Waals surface area contributed by atoms with Crippen LogP contribution in [0.5, 0.6) is 0 Å². The second-order valence-corrected chi connectivity index (χ2v) is 4.82. The molecular weight excluding hydrogens is 194 g/mol. The van der Waals surface area contributed by atoms with Crippen molar-refractivity contribution in [1.82, 2.24) is 5.32 Å². The number of rotatable bonds is 6. The molecule has 1 unspecified atom stereocenters. The zero-order chi connectivity index (χ0) is 11.4. The molecule has 16 heavy (non-hydrogen) atoms. The third kappa shape index (κ3) is 3.21.